The van der Waals surface area contributed by atoms with Crippen LogP contribution in [0.3, 0.4) is 0 Å². The number of hydrogen-bond acceptors (Lipinski definition) is 3. The van der Waals surface area contributed by atoms with Gasteiger partial charge in [-0.15, -0.1) is 0 Å². The van der Waals surface area contributed by atoms with Crippen LogP contribution in [0.2, 0.25) is 5.15 Å². The summed E-state index contributed by atoms with van der Waals surface area (Å²) in [6.45, 7) is 4.25. The monoisotopic (exact) mass is 239 g/mol. The molecule has 2 rings (SSSR count). The van der Waals surface area contributed by atoms with Gasteiger partial charge in [0.15, 0.2) is 0 Å². The minimum atomic E-state index is 0.253. The number of aromatic nitrogens is 2. The van der Waals surface area contributed by atoms with Gasteiger partial charge in [-0.1, -0.05) is 25.4 Å². The summed E-state index contributed by atoms with van der Waals surface area (Å²) < 4.78 is 0. The molecule has 0 aromatic carbocycles. The summed E-state index contributed by atoms with van der Waals surface area (Å²) in [7, 11) is 0. The Morgan fingerprint density at radius 1 is 1.38 bits per heavy atom. The zero-order chi connectivity index (χ0) is 11.6. The van der Waals surface area contributed by atoms with Gasteiger partial charge in [-0.3, -0.25) is 0 Å². The number of nitrogens with zero attached hydrogens (tertiary/aromatic N) is 2. The molecule has 88 valence electrons. The van der Waals surface area contributed by atoms with E-state index in [1.165, 1.54) is 19.3 Å². The van der Waals surface area contributed by atoms with Crippen LogP contribution in [-0.4, -0.2) is 15.5 Å². The van der Waals surface area contributed by atoms with Crippen LogP contribution in [0.1, 0.15) is 45.4 Å². The molecule has 4 heteroatoms. The molecule has 0 bridgehead atoms. The standard InChI is InChI=1S/C12H18ClN3/c1-3-10-14-9(13)8-11(15-10)16-12(4-2)6-5-7-12/h8H,3-7H2,1-2H3,(H,14,15,16). The Bertz CT molecular complexity index is 369. The molecule has 1 aromatic rings. The van der Waals surface area contributed by atoms with Gasteiger partial charge in [0.1, 0.15) is 16.8 Å². The topological polar surface area (TPSA) is 37.8 Å². The van der Waals surface area contributed by atoms with Gasteiger partial charge in [0.25, 0.3) is 0 Å². The highest BCUT2D eigenvalue weighted by atomic mass is 35.5. The molecular weight excluding hydrogens is 222 g/mol. The maximum atomic E-state index is 5.97. The van der Waals surface area contributed by atoms with Crippen LogP contribution in [0.25, 0.3) is 0 Å². The Balaban J connectivity index is 2.17. The van der Waals surface area contributed by atoms with Crippen molar-refractivity contribution in [1.29, 1.82) is 0 Å². The van der Waals surface area contributed by atoms with E-state index >= 15 is 0 Å². The summed E-state index contributed by atoms with van der Waals surface area (Å²) in [6, 6.07) is 1.82. The van der Waals surface area contributed by atoms with Crippen LogP contribution in [0.4, 0.5) is 5.82 Å². The Labute approximate surface area is 102 Å². The number of halogens is 1. The third kappa shape index (κ3) is 2.29. The summed E-state index contributed by atoms with van der Waals surface area (Å²) in [5.74, 6) is 1.68. The molecule has 1 fully saturated rings. The van der Waals surface area contributed by atoms with Crippen molar-refractivity contribution in [2.75, 3.05) is 5.32 Å². The van der Waals surface area contributed by atoms with Gasteiger partial charge in [0.05, 0.1) is 0 Å². The average Bonchev–Trinajstić information content (AvgIpc) is 2.22. The summed E-state index contributed by atoms with van der Waals surface area (Å²) in [6.07, 6.45) is 5.71. The van der Waals surface area contributed by atoms with Crippen LogP contribution in [0, 0.1) is 0 Å². The fraction of sp³-hybridized carbons (Fsp3) is 0.667. The second-order valence-electron chi connectivity index (χ2n) is 4.46. The van der Waals surface area contributed by atoms with Crippen molar-refractivity contribution in [2.45, 2.75) is 51.5 Å². The van der Waals surface area contributed by atoms with E-state index in [0.29, 0.717) is 5.15 Å². The average molecular weight is 240 g/mol. The predicted molar refractivity (Wildman–Crippen MR) is 66.9 cm³/mol. The third-order valence-corrected chi connectivity index (χ3v) is 3.63. The lowest BCUT2D eigenvalue weighted by atomic mass is 9.75. The second kappa shape index (κ2) is 4.58. The molecule has 1 heterocycles. The van der Waals surface area contributed by atoms with E-state index in [-0.39, 0.29) is 5.54 Å². The van der Waals surface area contributed by atoms with Crippen molar-refractivity contribution < 1.29 is 0 Å². The highest BCUT2D eigenvalue weighted by Crippen LogP contribution is 2.37. The van der Waals surface area contributed by atoms with E-state index < -0.39 is 0 Å². The number of rotatable bonds is 4. The first-order valence-electron chi connectivity index (χ1n) is 5.99. The molecule has 0 atom stereocenters. The lowest BCUT2D eigenvalue weighted by molar-refractivity contribution is 0.268. The minimum Gasteiger partial charge on any atom is -0.364 e. The summed E-state index contributed by atoms with van der Waals surface area (Å²) >= 11 is 5.97. The molecule has 16 heavy (non-hydrogen) atoms. The SMILES string of the molecule is CCc1nc(Cl)cc(NC2(CC)CCC2)n1. The zero-order valence-electron chi connectivity index (χ0n) is 9.89. The quantitative estimate of drug-likeness (QED) is 0.818. The normalized spacial score (nSPS) is 17.9. The summed E-state index contributed by atoms with van der Waals surface area (Å²) in [5.41, 5.74) is 0.253. The van der Waals surface area contributed by atoms with Crippen molar-refractivity contribution in [3.63, 3.8) is 0 Å². The molecule has 1 saturated carbocycles. The van der Waals surface area contributed by atoms with Gasteiger partial charge in [-0.05, 0) is 25.7 Å². The Morgan fingerprint density at radius 2 is 2.12 bits per heavy atom. The summed E-state index contributed by atoms with van der Waals surface area (Å²) in [5, 5.41) is 4.05. The molecule has 0 saturated heterocycles. The third-order valence-electron chi connectivity index (χ3n) is 3.44. The molecule has 1 aliphatic rings. The Hall–Kier alpha value is -0.830. The van der Waals surface area contributed by atoms with Crippen LogP contribution in [-0.2, 0) is 6.42 Å². The molecule has 1 aliphatic carbocycles. The lowest BCUT2D eigenvalue weighted by Crippen LogP contribution is -2.44. The fourth-order valence-corrected chi connectivity index (χ4v) is 2.33. The zero-order valence-corrected chi connectivity index (χ0v) is 10.6. The number of nitrogens with one attached hydrogen (secondary N) is 1. The molecule has 0 spiro atoms. The van der Waals surface area contributed by atoms with E-state index in [9.17, 15) is 0 Å². The van der Waals surface area contributed by atoms with Gasteiger partial charge < -0.3 is 5.32 Å². The van der Waals surface area contributed by atoms with Crippen molar-refractivity contribution in [3.05, 3.63) is 17.0 Å². The molecule has 1 N–H and O–H groups in total. The van der Waals surface area contributed by atoms with E-state index in [1.54, 1.807) is 0 Å². The maximum Gasteiger partial charge on any atom is 0.134 e. The van der Waals surface area contributed by atoms with E-state index in [2.05, 4.69) is 22.2 Å². The first-order chi connectivity index (χ1) is 7.67. The number of aryl methyl sites for hydroxylation is 1. The van der Waals surface area contributed by atoms with E-state index in [0.717, 1.165) is 24.5 Å². The van der Waals surface area contributed by atoms with Crippen molar-refractivity contribution in [2.24, 2.45) is 0 Å². The molecule has 0 aliphatic heterocycles. The summed E-state index contributed by atoms with van der Waals surface area (Å²) in [4.78, 5) is 8.63. The van der Waals surface area contributed by atoms with E-state index in [1.807, 2.05) is 13.0 Å². The van der Waals surface area contributed by atoms with Crippen LogP contribution < -0.4 is 5.32 Å². The molecule has 0 unspecified atom stereocenters. The predicted octanol–water partition coefficient (Wildman–Crippen LogP) is 3.44. The first kappa shape index (κ1) is 11.6. The van der Waals surface area contributed by atoms with Crippen LogP contribution >= 0.6 is 11.6 Å². The van der Waals surface area contributed by atoms with Gasteiger partial charge in [0, 0.05) is 18.0 Å². The molecule has 0 radical (unpaired) electrons. The van der Waals surface area contributed by atoms with E-state index in [4.69, 9.17) is 11.6 Å². The molecule has 3 nitrogen and oxygen atoms in total. The highest BCUT2D eigenvalue weighted by Gasteiger charge is 2.35. The fourth-order valence-electron chi connectivity index (χ4n) is 2.13. The van der Waals surface area contributed by atoms with Gasteiger partial charge in [0.2, 0.25) is 0 Å². The molecule has 1 aromatic heterocycles. The van der Waals surface area contributed by atoms with Gasteiger partial charge in [-0.2, -0.15) is 0 Å². The van der Waals surface area contributed by atoms with Gasteiger partial charge >= 0.3 is 0 Å². The molecular formula is C12H18ClN3. The smallest absolute Gasteiger partial charge is 0.134 e. The Kier molecular flexibility index (Phi) is 3.33. The minimum absolute atomic E-state index is 0.253. The van der Waals surface area contributed by atoms with Gasteiger partial charge in [-0.25, -0.2) is 9.97 Å². The first-order valence-corrected chi connectivity index (χ1v) is 6.37. The second-order valence-corrected chi connectivity index (χ2v) is 4.85. The number of anilines is 1. The largest absolute Gasteiger partial charge is 0.364 e. The van der Waals surface area contributed by atoms with Crippen molar-refractivity contribution >= 4 is 17.4 Å². The maximum absolute atomic E-state index is 5.97. The van der Waals surface area contributed by atoms with Crippen molar-refractivity contribution in [1.82, 2.24) is 9.97 Å². The lowest BCUT2D eigenvalue weighted by Gasteiger charge is -2.42. The van der Waals surface area contributed by atoms with Crippen LogP contribution in [0.15, 0.2) is 6.07 Å². The highest BCUT2D eigenvalue weighted by molar-refractivity contribution is 6.29. The number of hydrogen-bond donors (Lipinski definition) is 1. The molecule has 0 amide bonds. The van der Waals surface area contributed by atoms with Crippen LogP contribution in [0.5, 0.6) is 0 Å². The van der Waals surface area contributed by atoms with Crippen molar-refractivity contribution in [3.8, 4) is 0 Å². The Morgan fingerprint density at radius 3 is 2.62 bits per heavy atom.